The van der Waals surface area contributed by atoms with Gasteiger partial charge in [-0.2, -0.15) is 0 Å². The minimum atomic E-state index is -0.633. The number of likely N-dealkylation sites (N-methyl/N-ethyl adjacent to an activating group) is 1. The van der Waals surface area contributed by atoms with Crippen LogP contribution in [0.15, 0.2) is 35.7 Å². The fourth-order valence-corrected chi connectivity index (χ4v) is 4.27. The number of thiazole rings is 1. The quantitative estimate of drug-likeness (QED) is 0.373. The van der Waals surface area contributed by atoms with E-state index in [2.05, 4.69) is 11.6 Å². The lowest BCUT2D eigenvalue weighted by Crippen LogP contribution is -2.30. The molecule has 0 spiro atoms. The summed E-state index contributed by atoms with van der Waals surface area (Å²) in [6, 6.07) is 5.41. The molecule has 0 bridgehead atoms. The number of nitrogens with zero attached hydrogens (tertiary/aromatic N) is 3. The summed E-state index contributed by atoms with van der Waals surface area (Å²) in [6.45, 7) is 6.14. The van der Waals surface area contributed by atoms with Crippen molar-refractivity contribution < 1.29 is 23.9 Å². The molecule has 10 heteroatoms. The second-order valence-electron chi connectivity index (χ2n) is 7.68. The molecule has 2 N–H and O–H groups in total. The summed E-state index contributed by atoms with van der Waals surface area (Å²) >= 11 is 1.35. The highest BCUT2D eigenvalue weighted by Gasteiger charge is 2.31. The Kier molecular flexibility index (Phi) is 8.32. The fraction of sp³-hybridized carbons (Fsp3) is 0.391. The van der Waals surface area contributed by atoms with Gasteiger partial charge in [-0.3, -0.25) is 14.4 Å². The molecule has 0 fully saturated rings. The van der Waals surface area contributed by atoms with Crippen LogP contribution in [0.4, 0.5) is 0 Å². The Hall–Kier alpha value is -3.08. The van der Waals surface area contributed by atoms with Crippen molar-refractivity contribution in [1.82, 2.24) is 14.8 Å². The van der Waals surface area contributed by atoms with Crippen LogP contribution >= 0.6 is 11.3 Å². The molecule has 9 nitrogen and oxygen atoms in total. The maximum atomic E-state index is 12.8. The van der Waals surface area contributed by atoms with Crippen LogP contribution in [0.5, 0.6) is 0 Å². The molecule has 176 valence electrons. The van der Waals surface area contributed by atoms with Crippen molar-refractivity contribution in [2.45, 2.75) is 13.0 Å². The first kappa shape index (κ1) is 24.6. The van der Waals surface area contributed by atoms with E-state index in [1.165, 1.54) is 16.2 Å². The second kappa shape index (κ2) is 11.2. The molecule has 3 rings (SSSR count). The third kappa shape index (κ3) is 5.84. The topological polar surface area (TPSA) is 115 Å². The lowest BCUT2D eigenvalue weighted by molar-refractivity contribution is -0.114. The predicted octanol–water partition coefficient (Wildman–Crippen LogP) is 1.93. The normalized spacial score (nSPS) is 12.7. The highest BCUT2D eigenvalue weighted by Crippen LogP contribution is 2.34. The van der Waals surface area contributed by atoms with Gasteiger partial charge in [-0.15, -0.1) is 11.3 Å². The molecule has 1 aromatic carbocycles. The number of rotatable bonds is 12. The fourth-order valence-electron chi connectivity index (χ4n) is 3.43. The number of aromatic nitrogens is 1. The van der Waals surface area contributed by atoms with E-state index in [0.717, 1.165) is 17.5 Å². The van der Waals surface area contributed by atoms with Crippen LogP contribution < -0.4 is 5.73 Å². The van der Waals surface area contributed by atoms with Crippen molar-refractivity contribution in [1.29, 1.82) is 0 Å². The van der Waals surface area contributed by atoms with E-state index in [4.69, 9.17) is 15.2 Å². The van der Waals surface area contributed by atoms with Crippen LogP contribution in [0.3, 0.4) is 0 Å². The maximum absolute atomic E-state index is 12.8. The number of nitrogens with two attached hydrogens (primary N) is 1. The van der Waals surface area contributed by atoms with Gasteiger partial charge in [0.2, 0.25) is 5.91 Å². The van der Waals surface area contributed by atoms with Crippen LogP contribution in [-0.4, -0.2) is 79.6 Å². The van der Waals surface area contributed by atoms with Gasteiger partial charge in [0.15, 0.2) is 0 Å². The molecule has 0 unspecified atom stereocenters. The Morgan fingerprint density at radius 1 is 1.27 bits per heavy atom. The highest BCUT2D eigenvalue weighted by atomic mass is 32.1. The molecule has 0 saturated carbocycles. The van der Waals surface area contributed by atoms with E-state index in [-0.39, 0.29) is 23.9 Å². The SMILES string of the molecule is C=C(CN1Cc2c(cccc2-c2nc(C(=O)N(C)CCOCCCOC)cs2)C1=O)C(N)=O. The summed E-state index contributed by atoms with van der Waals surface area (Å²) in [5, 5.41) is 2.37. The molecular formula is C23H28N4O5S. The Bertz CT molecular complexity index is 1050. The summed E-state index contributed by atoms with van der Waals surface area (Å²) in [7, 11) is 3.36. The zero-order valence-corrected chi connectivity index (χ0v) is 19.7. The van der Waals surface area contributed by atoms with Crippen molar-refractivity contribution in [3.63, 3.8) is 0 Å². The monoisotopic (exact) mass is 472 g/mol. The van der Waals surface area contributed by atoms with Crippen molar-refractivity contribution in [3.05, 3.63) is 52.6 Å². The summed E-state index contributed by atoms with van der Waals surface area (Å²) in [5.74, 6) is -1.01. The van der Waals surface area contributed by atoms with Gasteiger partial charge in [0.1, 0.15) is 10.7 Å². The molecule has 0 aliphatic carbocycles. The average molecular weight is 473 g/mol. The molecule has 1 aliphatic rings. The predicted molar refractivity (Wildman–Crippen MR) is 125 cm³/mol. The van der Waals surface area contributed by atoms with Crippen LogP contribution in [0.25, 0.3) is 10.6 Å². The molecular weight excluding hydrogens is 444 g/mol. The third-order valence-corrected chi connectivity index (χ3v) is 6.16. The molecule has 33 heavy (non-hydrogen) atoms. The number of carbonyl (C=O) groups is 3. The standard InChI is InChI=1S/C23H28N4O5S/c1-15(20(24)28)12-27-13-18-16(6-4-7-17(18)22(27)29)21-25-19(14-33-21)23(30)26(2)8-11-32-10-5-9-31-3/h4,6-7,14H,1,5,8-13H2,2-3H3,(H2,24,28). The van der Waals surface area contributed by atoms with E-state index >= 15 is 0 Å². The number of benzene rings is 1. The summed E-state index contributed by atoms with van der Waals surface area (Å²) in [6.07, 6.45) is 0.807. The van der Waals surface area contributed by atoms with Crippen LogP contribution in [0.1, 0.15) is 32.8 Å². The Morgan fingerprint density at radius 3 is 2.76 bits per heavy atom. The van der Waals surface area contributed by atoms with E-state index in [9.17, 15) is 14.4 Å². The molecule has 0 radical (unpaired) electrons. The van der Waals surface area contributed by atoms with Crippen molar-refractivity contribution >= 4 is 29.1 Å². The van der Waals surface area contributed by atoms with Crippen molar-refractivity contribution in [2.75, 3.05) is 47.1 Å². The van der Waals surface area contributed by atoms with E-state index in [0.29, 0.717) is 49.2 Å². The molecule has 2 aromatic rings. The molecule has 0 atom stereocenters. The average Bonchev–Trinajstić information content (AvgIpc) is 3.41. The third-order valence-electron chi connectivity index (χ3n) is 5.28. The van der Waals surface area contributed by atoms with Gasteiger partial charge in [-0.05, 0) is 18.1 Å². The highest BCUT2D eigenvalue weighted by molar-refractivity contribution is 7.13. The number of amides is 3. The first-order valence-electron chi connectivity index (χ1n) is 10.5. The zero-order valence-electron chi connectivity index (χ0n) is 18.8. The van der Waals surface area contributed by atoms with Gasteiger partial charge in [-0.25, -0.2) is 4.98 Å². The lowest BCUT2D eigenvalue weighted by atomic mass is 10.0. The first-order valence-corrected chi connectivity index (χ1v) is 11.4. The van der Waals surface area contributed by atoms with E-state index in [1.807, 2.05) is 6.07 Å². The number of ether oxygens (including phenoxy) is 2. The van der Waals surface area contributed by atoms with E-state index < -0.39 is 5.91 Å². The molecule has 3 amide bonds. The zero-order chi connectivity index (χ0) is 24.0. The largest absolute Gasteiger partial charge is 0.385 e. The second-order valence-corrected chi connectivity index (χ2v) is 8.54. The number of hydrogen-bond donors (Lipinski definition) is 1. The molecule has 2 heterocycles. The summed E-state index contributed by atoms with van der Waals surface area (Å²) in [5.41, 5.74) is 7.94. The van der Waals surface area contributed by atoms with Gasteiger partial charge < -0.3 is 25.0 Å². The smallest absolute Gasteiger partial charge is 0.273 e. The minimum Gasteiger partial charge on any atom is -0.385 e. The Labute approximate surface area is 196 Å². The number of methoxy groups -OCH3 is 1. The number of primary amides is 1. The van der Waals surface area contributed by atoms with Crippen LogP contribution in [-0.2, 0) is 20.8 Å². The summed E-state index contributed by atoms with van der Waals surface area (Å²) < 4.78 is 10.5. The van der Waals surface area contributed by atoms with Gasteiger partial charge in [0.25, 0.3) is 11.8 Å². The number of hydrogen-bond acceptors (Lipinski definition) is 7. The van der Waals surface area contributed by atoms with Gasteiger partial charge in [-0.1, -0.05) is 18.7 Å². The van der Waals surface area contributed by atoms with Gasteiger partial charge in [0, 0.05) is 62.5 Å². The number of carbonyl (C=O) groups excluding carboxylic acids is 3. The molecule has 1 aliphatic heterocycles. The minimum absolute atomic E-state index is 0.0717. The van der Waals surface area contributed by atoms with Crippen molar-refractivity contribution in [2.24, 2.45) is 5.73 Å². The van der Waals surface area contributed by atoms with Crippen LogP contribution in [0.2, 0.25) is 0 Å². The number of fused-ring (bicyclic) bond motifs is 1. The lowest BCUT2D eigenvalue weighted by Gasteiger charge is -2.16. The van der Waals surface area contributed by atoms with Gasteiger partial charge >= 0.3 is 0 Å². The van der Waals surface area contributed by atoms with Gasteiger partial charge in [0.05, 0.1) is 13.2 Å². The molecule has 1 aromatic heterocycles. The molecule has 0 saturated heterocycles. The first-order chi connectivity index (χ1) is 15.8. The van der Waals surface area contributed by atoms with Crippen molar-refractivity contribution in [3.8, 4) is 10.6 Å². The van der Waals surface area contributed by atoms with Crippen LogP contribution in [0, 0.1) is 0 Å². The maximum Gasteiger partial charge on any atom is 0.273 e. The Morgan fingerprint density at radius 2 is 2.03 bits per heavy atom. The Balaban J connectivity index is 1.67. The summed E-state index contributed by atoms with van der Waals surface area (Å²) in [4.78, 5) is 44.5. The van der Waals surface area contributed by atoms with E-state index in [1.54, 1.807) is 36.6 Å².